The first kappa shape index (κ1) is 17.2. The minimum absolute atomic E-state index is 0.176. The number of hydrogen-bond donors (Lipinski definition) is 2. The summed E-state index contributed by atoms with van der Waals surface area (Å²) in [6.07, 6.45) is 5.44. The summed E-state index contributed by atoms with van der Waals surface area (Å²) in [6, 6.07) is 17.9. The van der Waals surface area contributed by atoms with Gasteiger partial charge < -0.3 is 9.88 Å². The molecule has 0 unspecified atom stereocenters. The van der Waals surface area contributed by atoms with E-state index in [-0.39, 0.29) is 5.91 Å². The predicted octanol–water partition coefficient (Wildman–Crippen LogP) is 4.85. The van der Waals surface area contributed by atoms with Crippen molar-refractivity contribution in [2.75, 3.05) is 5.32 Å². The van der Waals surface area contributed by atoms with Gasteiger partial charge in [0.25, 0.3) is 5.91 Å². The number of aromatic amines is 1. The van der Waals surface area contributed by atoms with Gasteiger partial charge in [0.05, 0.1) is 22.8 Å². The molecule has 5 aromatic rings. The summed E-state index contributed by atoms with van der Waals surface area (Å²) < 4.78 is 2.06. The number of nitrogens with one attached hydrogen (secondary N) is 2. The summed E-state index contributed by atoms with van der Waals surface area (Å²) in [4.78, 5) is 17.6. The molecule has 0 saturated heterocycles. The van der Waals surface area contributed by atoms with Crippen molar-refractivity contribution in [2.24, 2.45) is 0 Å². The van der Waals surface area contributed by atoms with Gasteiger partial charge in [0.1, 0.15) is 5.52 Å². The zero-order valence-corrected chi connectivity index (χ0v) is 15.9. The van der Waals surface area contributed by atoms with Crippen LogP contribution in [0.2, 0.25) is 0 Å². The third-order valence-electron chi connectivity index (χ3n) is 5.11. The molecule has 0 atom stereocenters. The molecule has 0 aliphatic rings. The van der Waals surface area contributed by atoms with E-state index in [9.17, 15) is 4.79 Å². The predicted molar refractivity (Wildman–Crippen MR) is 115 cm³/mol. The summed E-state index contributed by atoms with van der Waals surface area (Å²) >= 11 is 0. The van der Waals surface area contributed by atoms with Crippen LogP contribution in [0.1, 0.15) is 17.3 Å². The fourth-order valence-corrected chi connectivity index (χ4v) is 3.60. The Bertz CT molecular complexity index is 1330. The van der Waals surface area contributed by atoms with Crippen LogP contribution in [-0.2, 0) is 6.54 Å². The molecule has 29 heavy (non-hydrogen) atoms. The van der Waals surface area contributed by atoms with Crippen molar-refractivity contribution in [3.8, 4) is 11.1 Å². The first-order valence-electron chi connectivity index (χ1n) is 9.51. The third kappa shape index (κ3) is 3.04. The molecule has 0 aliphatic carbocycles. The summed E-state index contributed by atoms with van der Waals surface area (Å²) in [5, 5.41) is 10.9. The number of anilines is 1. The maximum atomic E-state index is 13.0. The summed E-state index contributed by atoms with van der Waals surface area (Å²) in [7, 11) is 0. The zero-order valence-electron chi connectivity index (χ0n) is 15.9. The lowest BCUT2D eigenvalue weighted by molar-refractivity contribution is 0.102. The van der Waals surface area contributed by atoms with Gasteiger partial charge in [-0.2, -0.15) is 5.10 Å². The lowest BCUT2D eigenvalue weighted by atomic mass is 10.1. The van der Waals surface area contributed by atoms with Gasteiger partial charge >= 0.3 is 0 Å². The number of aryl methyl sites for hydroxylation is 1. The molecule has 3 heterocycles. The highest BCUT2D eigenvalue weighted by molar-refractivity contribution is 6.12. The van der Waals surface area contributed by atoms with E-state index in [0.29, 0.717) is 11.1 Å². The molecule has 0 fully saturated rings. The monoisotopic (exact) mass is 381 g/mol. The highest BCUT2D eigenvalue weighted by atomic mass is 16.1. The number of pyridine rings is 1. The minimum atomic E-state index is -0.176. The van der Waals surface area contributed by atoms with Gasteiger partial charge in [0.2, 0.25) is 0 Å². The van der Waals surface area contributed by atoms with Crippen molar-refractivity contribution in [3.63, 3.8) is 0 Å². The van der Waals surface area contributed by atoms with E-state index in [0.717, 1.165) is 39.8 Å². The van der Waals surface area contributed by atoms with Crippen LogP contribution in [0.25, 0.3) is 33.1 Å². The van der Waals surface area contributed by atoms with Crippen LogP contribution in [0.5, 0.6) is 0 Å². The van der Waals surface area contributed by atoms with E-state index in [2.05, 4.69) is 50.2 Å². The molecule has 5 rings (SSSR count). The van der Waals surface area contributed by atoms with Gasteiger partial charge in [-0.15, -0.1) is 0 Å². The molecule has 0 saturated carbocycles. The van der Waals surface area contributed by atoms with Crippen LogP contribution < -0.4 is 5.32 Å². The second-order valence-corrected chi connectivity index (χ2v) is 6.91. The molecule has 1 amide bonds. The minimum Gasteiger partial charge on any atom is -0.346 e. The summed E-state index contributed by atoms with van der Waals surface area (Å²) in [5.41, 5.74) is 6.00. The Labute approximate surface area is 167 Å². The SMILES string of the molecule is CCn1cc(C(=O)Nc2ccc3[nH]ncc3c2)c2ncc(-c3ccccc3)cc21. The molecule has 0 spiro atoms. The molecule has 3 aromatic heterocycles. The molecule has 0 radical (unpaired) electrons. The van der Waals surface area contributed by atoms with Gasteiger partial charge in [-0.3, -0.25) is 14.9 Å². The summed E-state index contributed by atoms with van der Waals surface area (Å²) in [6.45, 7) is 2.81. The van der Waals surface area contributed by atoms with Crippen LogP contribution in [0.4, 0.5) is 5.69 Å². The Morgan fingerprint density at radius 3 is 2.76 bits per heavy atom. The van der Waals surface area contributed by atoms with Gasteiger partial charge in [0.15, 0.2) is 0 Å². The number of benzene rings is 2. The first-order valence-corrected chi connectivity index (χ1v) is 9.51. The number of rotatable bonds is 4. The quantitative estimate of drug-likeness (QED) is 0.467. The van der Waals surface area contributed by atoms with E-state index in [1.54, 1.807) is 6.20 Å². The third-order valence-corrected chi connectivity index (χ3v) is 5.11. The van der Waals surface area contributed by atoms with Crippen molar-refractivity contribution in [1.82, 2.24) is 19.7 Å². The molecule has 6 nitrogen and oxygen atoms in total. The molecule has 2 aromatic carbocycles. The Kier molecular flexibility index (Phi) is 4.09. The van der Waals surface area contributed by atoms with Crippen molar-refractivity contribution in [2.45, 2.75) is 13.5 Å². The molecule has 6 heteroatoms. The highest BCUT2D eigenvalue weighted by Crippen LogP contribution is 2.27. The first-order chi connectivity index (χ1) is 14.2. The van der Waals surface area contributed by atoms with Crippen molar-refractivity contribution in [1.29, 1.82) is 0 Å². The Hall–Kier alpha value is -3.93. The molecule has 142 valence electrons. The average Bonchev–Trinajstić information content (AvgIpc) is 3.38. The Morgan fingerprint density at radius 2 is 1.93 bits per heavy atom. The number of carbonyl (C=O) groups is 1. The van der Waals surface area contributed by atoms with E-state index in [1.165, 1.54) is 0 Å². The van der Waals surface area contributed by atoms with Crippen LogP contribution in [0, 0.1) is 0 Å². The smallest absolute Gasteiger partial charge is 0.259 e. The van der Waals surface area contributed by atoms with Crippen LogP contribution >= 0.6 is 0 Å². The van der Waals surface area contributed by atoms with E-state index in [4.69, 9.17) is 0 Å². The second kappa shape index (κ2) is 6.91. The molecule has 0 bridgehead atoms. The van der Waals surface area contributed by atoms with Crippen molar-refractivity contribution >= 4 is 33.5 Å². The van der Waals surface area contributed by atoms with E-state index in [1.807, 2.05) is 48.8 Å². The van der Waals surface area contributed by atoms with Gasteiger partial charge in [-0.05, 0) is 36.8 Å². The Balaban J connectivity index is 1.53. The topological polar surface area (TPSA) is 75.6 Å². The van der Waals surface area contributed by atoms with E-state index >= 15 is 0 Å². The standard InChI is InChI=1S/C23H19N5O/c1-2-28-14-19(23(29)26-18-8-9-20-17(10-18)13-25-27-20)22-21(28)11-16(12-24-22)15-6-4-3-5-7-15/h3-14H,2H2,1H3,(H,25,27)(H,26,29). The number of fused-ring (bicyclic) bond motifs is 2. The average molecular weight is 381 g/mol. The summed E-state index contributed by atoms with van der Waals surface area (Å²) in [5.74, 6) is -0.176. The molecule has 2 N–H and O–H groups in total. The van der Waals surface area contributed by atoms with Crippen molar-refractivity contribution < 1.29 is 4.79 Å². The molecular formula is C23H19N5O. The number of hydrogen-bond acceptors (Lipinski definition) is 3. The maximum absolute atomic E-state index is 13.0. The van der Waals surface area contributed by atoms with E-state index < -0.39 is 0 Å². The molecular weight excluding hydrogens is 362 g/mol. The second-order valence-electron chi connectivity index (χ2n) is 6.91. The highest BCUT2D eigenvalue weighted by Gasteiger charge is 2.17. The van der Waals surface area contributed by atoms with Crippen LogP contribution in [-0.4, -0.2) is 25.7 Å². The maximum Gasteiger partial charge on any atom is 0.259 e. The van der Waals surface area contributed by atoms with Crippen LogP contribution in [0.15, 0.2) is 73.2 Å². The number of aromatic nitrogens is 4. The van der Waals surface area contributed by atoms with Gasteiger partial charge in [-0.1, -0.05) is 30.3 Å². The Morgan fingerprint density at radius 1 is 1.07 bits per heavy atom. The fourth-order valence-electron chi connectivity index (χ4n) is 3.60. The molecule has 0 aliphatic heterocycles. The fraction of sp³-hybridized carbons (Fsp3) is 0.0870. The van der Waals surface area contributed by atoms with Crippen molar-refractivity contribution in [3.05, 3.63) is 78.8 Å². The number of amides is 1. The van der Waals surface area contributed by atoms with Gasteiger partial charge in [0, 0.05) is 35.6 Å². The number of H-pyrrole nitrogens is 1. The van der Waals surface area contributed by atoms with Crippen LogP contribution in [0.3, 0.4) is 0 Å². The number of carbonyl (C=O) groups excluding carboxylic acids is 1. The van der Waals surface area contributed by atoms with Gasteiger partial charge in [-0.25, -0.2) is 0 Å². The number of nitrogens with zero attached hydrogens (tertiary/aromatic N) is 3. The largest absolute Gasteiger partial charge is 0.346 e. The lowest BCUT2D eigenvalue weighted by Crippen LogP contribution is -2.11. The normalized spacial score (nSPS) is 11.2. The zero-order chi connectivity index (χ0) is 19.8. The lowest BCUT2D eigenvalue weighted by Gasteiger charge is -2.05.